The number of halogens is 1. The molecule has 7 nitrogen and oxygen atoms in total. The number of carbonyl (C=O) groups excluding carboxylic acids is 1. The summed E-state index contributed by atoms with van der Waals surface area (Å²) in [6.45, 7) is 1.77. The summed E-state index contributed by atoms with van der Waals surface area (Å²) < 4.78 is 0.676. The molecule has 0 atom stereocenters. The molecule has 0 fully saturated rings. The Hall–Kier alpha value is -2.35. The van der Waals surface area contributed by atoms with Gasteiger partial charge in [0.15, 0.2) is 0 Å². The van der Waals surface area contributed by atoms with Gasteiger partial charge in [0, 0.05) is 10.2 Å². The quantitative estimate of drug-likeness (QED) is 0.574. The lowest BCUT2D eigenvalue weighted by atomic mass is 10.2. The Labute approximate surface area is 120 Å². The first-order valence-electron chi connectivity index (χ1n) is 5.77. The van der Waals surface area contributed by atoms with Crippen molar-refractivity contribution >= 4 is 38.6 Å². The minimum atomic E-state index is -0.291. The Bertz CT molecular complexity index is 860. The van der Waals surface area contributed by atoms with E-state index in [0.717, 1.165) is 0 Å². The fourth-order valence-corrected chi connectivity index (χ4v) is 2.36. The normalized spacial score (nSPS) is 10.9. The number of carbonyl (C=O) groups is 1. The summed E-state index contributed by atoms with van der Waals surface area (Å²) in [5, 5.41) is 9.29. The molecule has 0 aliphatic heterocycles. The largest absolute Gasteiger partial charge is 0.323 e. The van der Waals surface area contributed by atoms with Crippen LogP contribution in [0.1, 0.15) is 16.1 Å². The molecule has 0 saturated carbocycles. The van der Waals surface area contributed by atoms with Gasteiger partial charge in [0.1, 0.15) is 0 Å². The molecule has 0 unspecified atom stereocenters. The molecule has 0 bridgehead atoms. The minimum absolute atomic E-state index is 0.269. The van der Waals surface area contributed by atoms with E-state index in [1.807, 2.05) is 0 Å². The Balaban J connectivity index is 1.98. The summed E-state index contributed by atoms with van der Waals surface area (Å²) in [4.78, 5) is 28.6. The van der Waals surface area contributed by atoms with Crippen molar-refractivity contribution in [2.45, 2.75) is 6.92 Å². The van der Waals surface area contributed by atoms with Crippen molar-refractivity contribution < 1.29 is 4.79 Å². The second kappa shape index (κ2) is 4.64. The molecule has 0 saturated heterocycles. The van der Waals surface area contributed by atoms with Crippen LogP contribution in [-0.4, -0.2) is 26.1 Å². The van der Waals surface area contributed by atoms with Gasteiger partial charge >= 0.3 is 5.69 Å². The van der Waals surface area contributed by atoms with E-state index in [1.54, 1.807) is 19.1 Å². The number of nitrogens with one attached hydrogen (secondary N) is 4. The van der Waals surface area contributed by atoms with Gasteiger partial charge in [0.05, 0.1) is 28.5 Å². The van der Waals surface area contributed by atoms with Crippen LogP contribution in [0.2, 0.25) is 0 Å². The second-order valence-corrected chi connectivity index (χ2v) is 5.17. The van der Waals surface area contributed by atoms with Crippen LogP contribution in [0.25, 0.3) is 11.0 Å². The van der Waals surface area contributed by atoms with Gasteiger partial charge in [-0.15, -0.1) is 0 Å². The van der Waals surface area contributed by atoms with E-state index in [1.165, 1.54) is 6.20 Å². The zero-order valence-corrected chi connectivity index (χ0v) is 12.0. The van der Waals surface area contributed by atoms with Crippen LogP contribution >= 0.6 is 15.9 Å². The summed E-state index contributed by atoms with van der Waals surface area (Å²) in [5.41, 5.74) is 2.73. The van der Waals surface area contributed by atoms with Crippen LogP contribution in [0, 0.1) is 6.92 Å². The average molecular weight is 336 g/mol. The third-order valence-corrected chi connectivity index (χ3v) is 3.58. The lowest BCUT2D eigenvalue weighted by Crippen LogP contribution is -2.12. The van der Waals surface area contributed by atoms with Crippen LogP contribution in [0.5, 0.6) is 0 Å². The Morgan fingerprint density at radius 2 is 2.00 bits per heavy atom. The molecule has 2 aromatic heterocycles. The molecule has 102 valence electrons. The molecule has 8 heteroatoms. The van der Waals surface area contributed by atoms with Gasteiger partial charge in [0.25, 0.3) is 5.91 Å². The number of aryl methyl sites for hydroxylation is 1. The van der Waals surface area contributed by atoms with Crippen LogP contribution in [0.4, 0.5) is 5.69 Å². The third kappa shape index (κ3) is 2.14. The van der Waals surface area contributed by atoms with Crippen molar-refractivity contribution in [2.24, 2.45) is 0 Å². The van der Waals surface area contributed by atoms with E-state index in [4.69, 9.17) is 0 Å². The molecular formula is C12H10BrN5O2. The SMILES string of the molecule is Cc1[nH]ncc1C(=O)Nc1cc2[nH]c(=O)[nH]c2cc1Br. The van der Waals surface area contributed by atoms with Gasteiger partial charge < -0.3 is 15.3 Å². The highest BCUT2D eigenvalue weighted by Gasteiger charge is 2.13. The standard InChI is InChI=1S/C12H10BrN5O2/c1-5-6(4-14-18-5)11(19)15-8-3-10-9(2-7(8)13)16-12(20)17-10/h2-4H,1H3,(H,14,18)(H,15,19)(H2,16,17,20). The summed E-state index contributed by atoms with van der Waals surface area (Å²) in [6.07, 6.45) is 1.47. The number of anilines is 1. The number of fused-ring (bicyclic) bond motifs is 1. The van der Waals surface area contributed by atoms with Crippen LogP contribution in [-0.2, 0) is 0 Å². The lowest BCUT2D eigenvalue weighted by molar-refractivity contribution is 0.102. The number of aromatic amines is 3. The number of rotatable bonds is 2. The van der Waals surface area contributed by atoms with Crippen LogP contribution < -0.4 is 11.0 Å². The van der Waals surface area contributed by atoms with E-state index < -0.39 is 0 Å². The number of amides is 1. The smallest absolute Gasteiger partial charge is 0.321 e. The van der Waals surface area contributed by atoms with Crippen LogP contribution in [0.3, 0.4) is 0 Å². The summed E-state index contributed by atoms with van der Waals surface area (Å²) >= 11 is 3.36. The van der Waals surface area contributed by atoms with Gasteiger partial charge in [-0.05, 0) is 35.0 Å². The molecule has 3 rings (SSSR count). The van der Waals surface area contributed by atoms with E-state index in [9.17, 15) is 9.59 Å². The summed E-state index contributed by atoms with van der Waals surface area (Å²) in [7, 11) is 0. The highest BCUT2D eigenvalue weighted by atomic mass is 79.9. The van der Waals surface area contributed by atoms with Crippen molar-refractivity contribution in [3.05, 3.63) is 44.5 Å². The Morgan fingerprint density at radius 3 is 2.65 bits per heavy atom. The maximum atomic E-state index is 12.1. The van der Waals surface area contributed by atoms with Crippen molar-refractivity contribution in [3.63, 3.8) is 0 Å². The lowest BCUT2D eigenvalue weighted by Gasteiger charge is -2.07. The van der Waals surface area contributed by atoms with E-state index in [0.29, 0.717) is 32.5 Å². The number of nitrogens with zero attached hydrogens (tertiary/aromatic N) is 1. The topological polar surface area (TPSA) is 106 Å². The minimum Gasteiger partial charge on any atom is -0.321 e. The highest BCUT2D eigenvalue weighted by Crippen LogP contribution is 2.26. The molecule has 0 aliphatic carbocycles. The monoisotopic (exact) mass is 335 g/mol. The van der Waals surface area contributed by atoms with Crippen molar-refractivity contribution in [1.29, 1.82) is 0 Å². The molecule has 2 heterocycles. The molecule has 4 N–H and O–H groups in total. The maximum Gasteiger partial charge on any atom is 0.323 e. The number of H-pyrrole nitrogens is 3. The molecule has 1 aromatic carbocycles. The predicted octanol–water partition coefficient (Wildman–Crippen LogP) is 1.90. The number of hydrogen-bond donors (Lipinski definition) is 4. The Kier molecular flexibility index (Phi) is 2.94. The predicted molar refractivity (Wildman–Crippen MR) is 77.9 cm³/mol. The average Bonchev–Trinajstić information content (AvgIpc) is 2.94. The van der Waals surface area contributed by atoms with E-state index in [-0.39, 0.29) is 11.6 Å². The zero-order valence-electron chi connectivity index (χ0n) is 10.4. The van der Waals surface area contributed by atoms with Gasteiger partial charge in [-0.25, -0.2) is 4.79 Å². The number of hydrogen-bond acceptors (Lipinski definition) is 3. The molecule has 1 amide bonds. The number of imidazole rings is 1. The Morgan fingerprint density at radius 1 is 1.30 bits per heavy atom. The first kappa shape index (κ1) is 12.7. The zero-order chi connectivity index (χ0) is 14.3. The third-order valence-electron chi connectivity index (χ3n) is 2.93. The van der Waals surface area contributed by atoms with Gasteiger partial charge in [-0.3, -0.25) is 9.89 Å². The van der Waals surface area contributed by atoms with Crippen LogP contribution in [0.15, 0.2) is 27.6 Å². The first-order valence-corrected chi connectivity index (χ1v) is 6.57. The van der Waals surface area contributed by atoms with Crippen molar-refractivity contribution in [2.75, 3.05) is 5.32 Å². The molecule has 20 heavy (non-hydrogen) atoms. The summed E-state index contributed by atoms with van der Waals surface area (Å²) in [6, 6.07) is 3.41. The molecular weight excluding hydrogens is 326 g/mol. The van der Waals surface area contributed by atoms with E-state index in [2.05, 4.69) is 41.4 Å². The van der Waals surface area contributed by atoms with E-state index >= 15 is 0 Å². The highest BCUT2D eigenvalue weighted by molar-refractivity contribution is 9.10. The number of aromatic nitrogens is 4. The molecule has 0 radical (unpaired) electrons. The van der Waals surface area contributed by atoms with Gasteiger partial charge in [-0.1, -0.05) is 0 Å². The summed E-state index contributed by atoms with van der Waals surface area (Å²) in [5.74, 6) is -0.269. The second-order valence-electron chi connectivity index (χ2n) is 4.32. The van der Waals surface area contributed by atoms with Gasteiger partial charge in [0.2, 0.25) is 0 Å². The molecule has 3 aromatic rings. The molecule has 0 aliphatic rings. The maximum absolute atomic E-state index is 12.1. The fraction of sp³-hybridized carbons (Fsp3) is 0.0833. The molecule has 0 spiro atoms. The first-order chi connectivity index (χ1) is 9.54. The number of benzene rings is 1. The van der Waals surface area contributed by atoms with Crippen molar-refractivity contribution in [3.8, 4) is 0 Å². The van der Waals surface area contributed by atoms with Crippen molar-refractivity contribution in [1.82, 2.24) is 20.2 Å². The fourth-order valence-electron chi connectivity index (χ4n) is 1.92. The van der Waals surface area contributed by atoms with Gasteiger partial charge in [-0.2, -0.15) is 5.10 Å².